The monoisotopic (exact) mass is 311 g/mol. The molecule has 1 fully saturated rings. The van der Waals surface area contributed by atoms with Crippen molar-refractivity contribution >= 4 is 21.8 Å². The van der Waals surface area contributed by atoms with E-state index in [0.29, 0.717) is 13.1 Å². The molecule has 4 nitrogen and oxygen atoms in total. The van der Waals surface area contributed by atoms with Gasteiger partial charge in [-0.1, -0.05) is 28.1 Å². The van der Waals surface area contributed by atoms with Crippen LogP contribution in [0.25, 0.3) is 0 Å². The number of nitrogens with zero attached hydrogens (tertiary/aromatic N) is 1. The molecule has 0 radical (unpaired) electrons. The maximum absolute atomic E-state index is 11.6. The molecule has 3 N–H and O–H groups in total. The topological polar surface area (TPSA) is 58.4 Å². The zero-order valence-electron chi connectivity index (χ0n) is 10.2. The van der Waals surface area contributed by atoms with Crippen LogP contribution in [-0.2, 0) is 4.79 Å². The summed E-state index contributed by atoms with van der Waals surface area (Å²) in [5, 5.41) is 2.89. The number of rotatable bonds is 3. The molecular weight excluding hydrogens is 294 g/mol. The molecule has 0 bridgehead atoms. The van der Waals surface area contributed by atoms with Crippen molar-refractivity contribution in [1.82, 2.24) is 10.2 Å². The summed E-state index contributed by atoms with van der Waals surface area (Å²) < 4.78 is 1.04. The van der Waals surface area contributed by atoms with Gasteiger partial charge in [0.2, 0.25) is 5.91 Å². The van der Waals surface area contributed by atoms with Crippen LogP contribution in [0.1, 0.15) is 18.0 Å². The van der Waals surface area contributed by atoms with E-state index in [0.717, 1.165) is 29.5 Å². The number of hydrogen-bond acceptors (Lipinski definition) is 3. The van der Waals surface area contributed by atoms with Crippen molar-refractivity contribution in [3.8, 4) is 0 Å². The number of amides is 1. The van der Waals surface area contributed by atoms with Crippen molar-refractivity contribution in [2.45, 2.75) is 12.5 Å². The highest BCUT2D eigenvalue weighted by Gasteiger charge is 2.23. The van der Waals surface area contributed by atoms with Gasteiger partial charge in [-0.15, -0.1) is 0 Å². The maximum atomic E-state index is 11.6. The Morgan fingerprint density at radius 1 is 1.50 bits per heavy atom. The quantitative estimate of drug-likeness (QED) is 0.884. The predicted molar refractivity (Wildman–Crippen MR) is 75.1 cm³/mol. The standard InChI is InChI=1S/C13H18BrN3O/c14-11-4-1-3-10(7-11)12(8-15)17-6-2-5-16-13(18)9-17/h1,3-4,7,12H,2,5-6,8-9,15H2,(H,16,18). The summed E-state index contributed by atoms with van der Waals surface area (Å²) in [6.07, 6.45) is 0.968. The van der Waals surface area contributed by atoms with E-state index in [4.69, 9.17) is 5.73 Å². The van der Waals surface area contributed by atoms with Crippen LogP contribution in [0.5, 0.6) is 0 Å². The average molecular weight is 312 g/mol. The summed E-state index contributed by atoms with van der Waals surface area (Å²) in [4.78, 5) is 13.8. The molecule has 98 valence electrons. The molecule has 0 aromatic heterocycles. The number of carbonyl (C=O) groups is 1. The summed E-state index contributed by atoms with van der Waals surface area (Å²) in [7, 11) is 0. The van der Waals surface area contributed by atoms with E-state index < -0.39 is 0 Å². The molecule has 1 atom stereocenters. The van der Waals surface area contributed by atoms with Crippen LogP contribution in [0.4, 0.5) is 0 Å². The van der Waals surface area contributed by atoms with Crippen LogP contribution in [0.15, 0.2) is 28.7 Å². The summed E-state index contributed by atoms with van der Waals surface area (Å²) in [5.41, 5.74) is 7.05. The minimum Gasteiger partial charge on any atom is -0.355 e. The molecule has 1 amide bonds. The first-order valence-electron chi connectivity index (χ1n) is 6.17. The second-order valence-corrected chi connectivity index (χ2v) is 5.40. The summed E-state index contributed by atoms with van der Waals surface area (Å²) in [6, 6.07) is 8.23. The van der Waals surface area contributed by atoms with E-state index in [2.05, 4.69) is 38.3 Å². The summed E-state index contributed by atoms with van der Waals surface area (Å²) in [5.74, 6) is 0.0842. The number of hydrogen-bond donors (Lipinski definition) is 2. The van der Waals surface area contributed by atoms with Gasteiger partial charge in [0, 0.05) is 30.1 Å². The Morgan fingerprint density at radius 3 is 3.06 bits per heavy atom. The van der Waals surface area contributed by atoms with E-state index in [1.165, 1.54) is 0 Å². The van der Waals surface area contributed by atoms with E-state index >= 15 is 0 Å². The molecule has 1 heterocycles. The molecule has 1 aromatic carbocycles. The molecule has 1 aliphatic rings. The molecule has 0 aliphatic carbocycles. The van der Waals surface area contributed by atoms with Gasteiger partial charge in [0.05, 0.1) is 6.54 Å². The fourth-order valence-electron chi connectivity index (χ4n) is 2.31. The highest BCUT2D eigenvalue weighted by Crippen LogP contribution is 2.23. The molecule has 0 saturated carbocycles. The van der Waals surface area contributed by atoms with Crippen LogP contribution < -0.4 is 11.1 Å². The molecular formula is C13H18BrN3O. The van der Waals surface area contributed by atoms with Crippen LogP contribution >= 0.6 is 15.9 Å². The van der Waals surface area contributed by atoms with Gasteiger partial charge in [-0.2, -0.15) is 0 Å². The van der Waals surface area contributed by atoms with Gasteiger partial charge in [0.25, 0.3) is 0 Å². The smallest absolute Gasteiger partial charge is 0.234 e. The SMILES string of the molecule is NCC(c1cccc(Br)c1)N1CCCNC(=O)C1. The lowest BCUT2D eigenvalue weighted by atomic mass is 10.1. The fourth-order valence-corrected chi connectivity index (χ4v) is 2.72. The van der Waals surface area contributed by atoms with Crippen LogP contribution in [0.3, 0.4) is 0 Å². The van der Waals surface area contributed by atoms with Crippen LogP contribution in [-0.4, -0.2) is 37.0 Å². The fraction of sp³-hybridized carbons (Fsp3) is 0.462. The van der Waals surface area contributed by atoms with Crippen molar-refractivity contribution in [2.24, 2.45) is 5.73 Å². The lowest BCUT2D eigenvalue weighted by Crippen LogP contribution is -2.38. The predicted octanol–water partition coefficient (Wildman–Crippen LogP) is 1.27. The third-order valence-electron chi connectivity index (χ3n) is 3.19. The minimum atomic E-state index is 0.0842. The lowest BCUT2D eigenvalue weighted by molar-refractivity contribution is -0.121. The Kier molecular flexibility index (Phi) is 4.74. The van der Waals surface area contributed by atoms with Gasteiger partial charge in [0.1, 0.15) is 0 Å². The van der Waals surface area contributed by atoms with Gasteiger partial charge in [-0.3, -0.25) is 9.69 Å². The average Bonchev–Trinajstić information content (AvgIpc) is 2.55. The van der Waals surface area contributed by atoms with E-state index in [1.807, 2.05) is 12.1 Å². The second kappa shape index (κ2) is 6.31. The molecule has 1 aliphatic heterocycles. The largest absolute Gasteiger partial charge is 0.355 e. The molecule has 1 unspecified atom stereocenters. The Labute approximate surface area is 116 Å². The number of benzene rings is 1. The minimum absolute atomic E-state index is 0.0842. The van der Waals surface area contributed by atoms with Crippen molar-refractivity contribution in [2.75, 3.05) is 26.2 Å². The van der Waals surface area contributed by atoms with Crippen LogP contribution in [0, 0.1) is 0 Å². The third-order valence-corrected chi connectivity index (χ3v) is 3.68. The van der Waals surface area contributed by atoms with E-state index in [1.54, 1.807) is 0 Å². The van der Waals surface area contributed by atoms with E-state index in [9.17, 15) is 4.79 Å². The van der Waals surface area contributed by atoms with E-state index in [-0.39, 0.29) is 11.9 Å². The Morgan fingerprint density at radius 2 is 2.33 bits per heavy atom. The zero-order valence-corrected chi connectivity index (χ0v) is 11.8. The second-order valence-electron chi connectivity index (χ2n) is 4.48. The molecule has 1 aromatic rings. The van der Waals surface area contributed by atoms with Gasteiger partial charge in [-0.05, 0) is 24.1 Å². The first kappa shape index (κ1) is 13.5. The Bertz CT molecular complexity index is 424. The first-order valence-corrected chi connectivity index (χ1v) is 6.96. The van der Waals surface area contributed by atoms with Crippen molar-refractivity contribution < 1.29 is 4.79 Å². The Hall–Kier alpha value is -0.910. The number of nitrogens with one attached hydrogen (secondary N) is 1. The highest BCUT2D eigenvalue weighted by atomic mass is 79.9. The van der Waals surface area contributed by atoms with Gasteiger partial charge >= 0.3 is 0 Å². The van der Waals surface area contributed by atoms with Crippen LogP contribution in [0.2, 0.25) is 0 Å². The summed E-state index contributed by atoms with van der Waals surface area (Å²) in [6.45, 7) is 2.59. The Balaban J connectivity index is 2.19. The third kappa shape index (κ3) is 3.31. The normalized spacial score (nSPS) is 19.1. The molecule has 2 rings (SSSR count). The lowest BCUT2D eigenvalue weighted by Gasteiger charge is -2.29. The molecule has 0 spiro atoms. The maximum Gasteiger partial charge on any atom is 0.234 e. The number of carbonyl (C=O) groups excluding carboxylic acids is 1. The van der Waals surface area contributed by atoms with Gasteiger partial charge in [-0.25, -0.2) is 0 Å². The number of halogens is 1. The zero-order chi connectivity index (χ0) is 13.0. The van der Waals surface area contributed by atoms with Crippen molar-refractivity contribution in [3.05, 3.63) is 34.3 Å². The number of nitrogens with two attached hydrogens (primary N) is 1. The first-order chi connectivity index (χ1) is 8.70. The van der Waals surface area contributed by atoms with Gasteiger partial charge < -0.3 is 11.1 Å². The van der Waals surface area contributed by atoms with Crippen molar-refractivity contribution in [3.63, 3.8) is 0 Å². The molecule has 18 heavy (non-hydrogen) atoms. The summed E-state index contributed by atoms with van der Waals surface area (Å²) >= 11 is 3.47. The van der Waals surface area contributed by atoms with Crippen molar-refractivity contribution in [1.29, 1.82) is 0 Å². The molecule has 1 saturated heterocycles. The van der Waals surface area contributed by atoms with Gasteiger partial charge in [0.15, 0.2) is 0 Å². The highest BCUT2D eigenvalue weighted by molar-refractivity contribution is 9.10. The molecule has 5 heteroatoms.